The van der Waals surface area contributed by atoms with Crippen LogP contribution < -0.4 is 11.1 Å². The zero-order valence-corrected chi connectivity index (χ0v) is 9.74. The smallest absolute Gasteiger partial charge is 0.258 e. The first-order valence-electron chi connectivity index (χ1n) is 5.25. The summed E-state index contributed by atoms with van der Waals surface area (Å²) >= 11 is 0. The number of carbonyl (C=O) groups excluding carboxylic acids is 1. The molecule has 0 aliphatic rings. The number of benzene rings is 1. The first kappa shape index (κ1) is 11.2. The Kier molecular flexibility index (Phi) is 2.82. The topological polar surface area (TPSA) is 83.8 Å². The number of nitrogens with one attached hydrogen (secondary N) is 2. The van der Waals surface area contributed by atoms with Gasteiger partial charge in [0.1, 0.15) is 0 Å². The van der Waals surface area contributed by atoms with Gasteiger partial charge in [0.15, 0.2) is 0 Å². The number of amides is 1. The van der Waals surface area contributed by atoms with E-state index in [0.717, 1.165) is 16.8 Å². The molecule has 0 unspecified atom stereocenters. The SMILES string of the molecule is Cc1cc(C)c(NC(=O)c2cn[nH]c2)cc1N. The maximum Gasteiger partial charge on any atom is 0.258 e. The fourth-order valence-electron chi connectivity index (χ4n) is 1.57. The zero-order valence-electron chi connectivity index (χ0n) is 9.74. The molecule has 1 heterocycles. The first-order chi connectivity index (χ1) is 8.08. The number of aromatic amines is 1. The average molecular weight is 230 g/mol. The van der Waals surface area contributed by atoms with E-state index >= 15 is 0 Å². The van der Waals surface area contributed by atoms with Gasteiger partial charge in [-0.2, -0.15) is 5.10 Å². The third-order valence-electron chi connectivity index (χ3n) is 2.62. The van der Waals surface area contributed by atoms with E-state index in [0.29, 0.717) is 11.3 Å². The quantitative estimate of drug-likeness (QED) is 0.688. The number of hydrogen-bond acceptors (Lipinski definition) is 3. The normalized spacial score (nSPS) is 10.2. The molecule has 0 aliphatic heterocycles. The molecule has 0 saturated heterocycles. The lowest BCUT2D eigenvalue weighted by molar-refractivity contribution is 0.102. The monoisotopic (exact) mass is 230 g/mol. The van der Waals surface area contributed by atoms with Crippen molar-refractivity contribution in [2.45, 2.75) is 13.8 Å². The molecule has 88 valence electrons. The molecule has 0 bridgehead atoms. The number of nitrogens with zero attached hydrogens (tertiary/aromatic N) is 1. The molecule has 5 nitrogen and oxygen atoms in total. The van der Waals surface area contributed by atoms with Crippen molar-refractivity contribution < 1.29 is 4.79 Å². The van der Waals surface area contributed by atoms with Crippen molar-refractivity contribution >= 4 is 17.3 Å². The molecule has 0 spiro atoms. The molecular formula is C12H14N4O. The average Bonchev–Trinajstić information content (AvgIpc) is 2.79. The molecule has 0 fully saturated rings. The van der Waals surface area contributed by atoms with Gasteiger partial charge in [-0.15, -0.1) is 0 Å². The fraction of sp³-hybridized carbons (Fsp3) is 0.167. The second kappa shape index (κ2) is 4.29. The van der Waals surface area contributed by atoms with E-state index < -0.39 is 0 Å². The lowest BCUT2D eigenvalue weighted by Crippen LogP contribution is -2.12. The highest BCUT2D eigenvalue weighted by atomic mass is 16.1. The van der Waals surface area contributed by atoms with Gasteiger partial charge >= 0.3 is 0 Å². The Morgan fingerprint density at radius 3 is 2.76 bits per heavy atom. The molecule has 1 aromatic carbocycles. The lowest BCUT2D eigenvalue weighted by Gasteiger charge is -2.10. The van der Waals surface area contributed by atoms with Crippen LogP contribution >= 0.6 is 0 Å². The van der Waals surface area contributed by atoms with Crippen molar-refractivity contribution in [3.05, 3.63) is 41.2 Å². The van der Waals surface area contributed by atoms with Crippen molar-refractivity contribution in [2.24, 2.45) is 0 Å². The predicted molar refractivity (Wildman–Crippen MR) is 66.9 cm³/mol. The molecule has 5 heteroatoms. The Bertz CT molecular complexity index is 546. The van der Waals surface area contributed by atoms with E-state index in [1.54, 1.807) is 12.3 Å². The van der Waals surface area contributed by atoms with Crippen LogP contribution in [0.1, 0.15) is 21.5 Å². The maximum atomic E-state index is 11.8. The Labute approximate surface area is 99.0 Å². The van der Waals surface area contributed by atoms with Gasteiger partial charge in [-0.3, -0.25) is 9.89 Å². The van der Waals surface area contributed by atoms with E-state index in [-0.39, 0.29) is 5.91 Å². The van der Waals surface area contributed by atoms with Gasteiger partial charge < -0.3 is 11.1 Å². The van der Waals surface area contributed by atoms with Crippen molar-refractivity contribution in [3.63, 3.8) is 0 Å². The van der Waals surface area contributed by atoms with Crippen LogP contribution in [0.3, 0.4) is 0 Å². The maximum absolute atomic E-state index is 11.8. The molecule has 0 saturated carbocycles. The highest BCUT2D eigenvalue weighted by Gasteiger charge is 2.09. The molecule has 1 amide bonds. The third-order valence-corrected chi connectivity index (χ3v) is 2.62. The molecule has 0 atom stereocenters. The van der Waals surface area contributed by atoms with E-state index in [4.69, 9.17) is 5.73 Å². The highest BCUT2D eigenvalue weighted by molar-refractivity contribution is 6.04. The van der Waals surface area contributed by atoms with E-state index in [2.05, 4.69) is 15.5 Å². The van der Waals surface area contributed by atoms with Crippen LogP contribution in [0.5, 0.6) is 0 Å². The van der Waals surface area contributed by atoms with Crippen molar-refractivity contribution in [2.75, 3.05) is 11.1 Å². The summed E-state index contributed by atoms with van der Waals surface area (Å²) in [5.41, 5.74) is 9.67. The summed E-state index contributed by atoms with van der Waals surface area (Å²) in [5.74, 6) is -0.204. The molecule has 4 N–H and O–H groups in total. The summed E-state index contributed by atoms with van der Waals surface area (Å²) in [4.78, 5) is 11.8. The summed E-state index contributed by atoms with van der Waals surface area (Å²) in [7, 11) is 0. The Morgan fingerprint density at radius 2 is 2.12 bits per heavy atom. The number of H-pyrrole nitrogens is 1. The van der Waals surface area contributed by atoms with Crippen LogP contribution in [0.15, 0.2) is 24.5 Å². The standard InChI is InChI=1S/C12H14N4O/c1-7-3-8(2)11(4-10(7)13)16-12(17)9-5-14-15-6-9/h3-6H,13H2,1-2H3,(H,14,15)(H,16,17). The largest absolute Gasteiger partial charge is 0.398 e. The number of aryl methyl sites for hydroxylation is 2. The zero-order chi connectivity index (χ0) is 12.4. The summed E-state index contributed by atoms with van der Waals surface area (Å²) in [5, 5.41) is 9.13. The predicted octanol–water partition coefficient (Wildman–Crippen LogP) is 1.86. The first-order valence-corrected chi connectivity index (χ1v) is 5.25. The molecular weight excluding hydrogens is 216 g/mol. The van der Waals surface area contributed by atoms with Gasteiger partial charge in [-0.25, -0.2) is 0 Å². The molecule has 1 aromatic heterocycles. The number of nitrogen functional groups attached to an aromatic ring is 1. The van der Waals surface area contributed by atoms with E-state index in [9.17, 15) is 4.79 Å². The lowest BCUT2D eigenvalue weighted by atomic mass is 10.1. The molecule has 0 aliphatic carbocycles. The second-order valence-corrected chi connectivity index (χ2v) is 3.96. The summed E-state index contributed by atoms with van der Waals surface area (Å²) in [6.07, 6.45) is 3.02. The van der Waals surface area contributed by atoms with Crippen LogP contribution in [0.2, 0.25) is 0 Å². The number of rotatable bonds is 2. The third kappa shape index (κ3) is 2.28. The molecule has 0 radical (unpaired) electrons. The number of carbonyl (C=O) groups is 1. The van der Waals surface area contributed by atoms with Gasteiger partial charge in [-0.05, 0) is 31.0 Å². The summed E-state index contributed by atoms with van der Waals surface area (Å²) in [6, 6.07) is 3.71. The second-order valence-electron chi connectivity index (χ2n) is 3.96. The van der Waals surface area contributed by atoms with Gasteiger partial charge in [0.05, 0.1) is 11.8 Å². The van der Waals surface area contributed by atoms with Crippen LogP contribution in [-0.2, 0) is 0 Å². The Hall–Kier alpha value is -2.30. The van der Waals surface area contributed by atoms with Crippen molar-refractivity contribution in [3.8, 4) is 0 Å². The minimum atomic E-state index is -0.204. The highest BCUT2D eigenvalue weighted by Crippen LogP contribution is 2.22. The number of aromatic nitrogens is 2. The van der Waals surface area contributed by atoms with Gasteiger partial charge in [0.25, 0.3) is 5.91 Å². The van der Waals surface area contributed by atoms with Crippen LogP contribution in [0.25, 0.3) is 0 Å². The number of anilines is 2. The minimum Gasteiger partial charge on any atom is -0.398 e. The minimum absolute atomic E-state index is 0.204. The van der Waals surface area contributed by atoms with Gasteiger partial charge in [-0.1, -0.05) is 6.07 Å². The summed E-state index contributed by atoms with van der Waals surface area (Å²) in [6.45, 7) is 3.86. The van der Waals surface area contributed by atoms with Gasteiger partial charge in [0, 0.05) is 17.6 Å². The molecule has 2 aromatic rings. The fourth-order valence-corrected chi connectivity index (χ4v) is 1.57. The molecule has 17 heavy (non-hydrogen) atoms. The van der Waals surface area contributed by atoms with Gasteiger partial charge in [0.2, 0.25) is 0 Å². The van der Waals surface area contributed by atoms with E-state index in [1.807, 2.05) is 19.9 Å². The van der Waals surface area contributed by atoms with Crippen LogP contribution in [0.4, 0.5) is 11.4 Å². The van der Waals surface area contributed by atoms with E-state index in [1.165, 1.54) is 6.20 Å². The number of hydrogen-bond donors (Lipinski definition) is 3. The van der Waals surface area contributed by atoms with Crippen molar-refractivity contribution in [1.82, 2.24) is 10.2 Å². The van der Waals surface area contributed by atoms with Crippen molar-refractivity contribution in [1.29, 1.82) is 0 Å². The van der Waals surface area contributed by atoms with Crippen LogP contribution in [-0.4, -0.2) is 16.1 Å². The molecule has 2 rings (SSSR count). The number of nitrogens with two attached hydrogens (primary N) is 1. The van der Waals surface area contributed by atoms with Crippen LogP contribution in [0, 0.1) is 13.8 Å². The Balaban J connectivity index is 2.25. The Morgan fingerprint density at radius 1 is 1.35 bits per heavy atom. The summed E-state index contributed by atoms with van der Waals surface area (Å²) < 4.78 is 0.